The van der Waals surface area contributed by atoms with Crippen LogP contribution in [-0.4, -0.2) is 28.6 Å². The molecule has 0 spiro atoms. The Bertz CT molecular complexity index is 53.9. The van der Waals surface area contributed by atoms with Gasteiger partial charge in [-0.1, -0.05) is 0 Å². The quantitative estimate of drug-likeness (QED) is 0.481. The van der Waals surface area contributed by atoms with Crippen molar-refractivity contribution in [3.63, 3.8) is 0 Å². The average Bonchev–Trinajstić information content (AvgIpc) is 1.30. The maximum atomic E-state index is 9.49. The van der Waals surface area contributed by atoms with Crippen LogP contribution in [0.4, 0.5) is 4.79 Å². The van der Waals surface area contributed by atoms with Crippen LogP contribution in [0, 0.1) is 0 Å². The first kappa shape index (κ1) is 3.28. The third kappa shape index (κ3) is 0.481. The molecule has 1 fully saturated rings. The molecule has 0 N–H and O–H groups in total. The second-order valence-corrected chi connectivity index (χ2v) is 1.97. The number of carbonyl (C=O) groups is 1. The summed E-state index contributed by atoms with van der Waals surface area (Å²) in [4.78, 5) is 9.49. The van der Waals surface area contributed by atoms with Crippen molar-refractivity contribution >= 4 is 28.6 Å². The number of rotatable bonds is 0. The zero-order valence-electron chi connectivity index (χ0n) is 2.17. The molecule has 0 aliphatic carbocycles. The van der Waals surface area contributed by atoms with Gasteiger partial charge in [-0.2, -0.15) is 0 Å². The van der Waals surface area contributed by atoms with E-state index in [1.807, 2.05) is 0 Å². The minimum atomic E-state index is -0.866. The van der Waals surface area contributed by atoms with Crippen LogP contribution in [0.25, 0.3) is 0 Å². The van der Waals surface area contributed by atoms with E-state index in [4.69, 9.17) is 0 Å². The summed E-state index contributed by atoms with van der Waals surface area (Å²) in [6.07, 6.45) is -0.498. The molecule has 0 saturated carbocycles. The molecule has 3 nitrogen and oxygen atoms in total. The van der Waals surface area contributed by atoms with Gasteiger partial charge in [-0.15, -0.1) is 0 Å². The third-order valence-electron chi connectivity index (χ3n) is 0.224. The Kier molecular flexibility index (Phi) is 0.691. The van der Waals surface area contributed by atoms with E-state index in [1.165, 1.54) is 0 Å². The Morgan fingerprint density at radius 2 is 2.00 bits per heavy atom. The Hall–Kier alpha value is 0.0882. The minimum absolute atomic E-state index is 0.498. The first-order valence-corrected chi connectivity index (χ1v) is 3.06. The molecular weight excluding hydrogens is 182 g/mol. The second-order valence-electron chi connectivity index (χ2n) is 0.507. The van der Waals surface area contributed by atoms with E-state index in [0.717, 1.165) is 0 Å². The summed E-state index contributed by atoms with van der Waals surface area (Å²) in [5.41, 5.74) is 0. The van der Waals surface area contributed by atoms with E-state index >= 15 is 0 Å². The summed E-state index contributed by atoms with van der Waals surface area (Å²) in [7, 11) is 0. The Labute approximate surface area is 39.9 Å². The monoisotopic (exact) mass is 181 g/mol. The van der Waals surface area contributed by atoms with Crippen LogP contribution in [-0.2, 0) is 6.03 Å². The number of carbonyl (C=O) groups excluding carboxylic acids is 1. The fourth-order valence-electron chi connectivity index (χ4n) is 0.0677. The molecule has 0 aromatic heterocycles. The van der Waals surface area contributed by atoms with Crippen molar-refractivity contribution in [2.45, 2.75) is 0 Å². The fourth-order valence-corrected chi connectivity index (χ4v) is 0.454. The Balaban J connectivity index is 2.32. The van der Waals surface area contributed by atoms with E-state index in [-0.39, 0.29) is 0 Å². The van der Waals surface area contributed by atoms with Crippen molar-refractivity contribution in [3.8, 4) is 0 Å². The van der Waals surface area contributed by atoms with E-state index in [2.05, 4.69) is 6.03 Å². The average molecular weight is 182 g/mol. The molecule has 0 amide bonds. The summed E-state index contributed by atoms with van der Waals surface area (Å²) < 4.78 is 8.44. The summed E-state index contributed by atoms with van der Waals surface area (Å²) >= 11 is -0.866. The van der Waals surface area contributed by atoms with Crippen LogP contribution in [0.15, 0.2) is 0 Å². The fraction of sp³-hybridized carbons (Fsp3) is 0. The van der Waals surface area contributed by atoms with Crippen molar-refractivity contribution in [1.82, 2.24) is 0 Å². The second kappa shape index (κ2) is 1.05. The predicted molar refractivity (Wildman–Crippen MR) is 13.3 cm³/mol. The van der Waals surface area contributed by atoms with Gasteiger partial charge < -0.3 is 0 Å². The van der Waals surface area contributed by atoms with Crippen molar-refractivity contribution in [3.05, 3.63) is 0 Å². The molecule has 1 aliphatic rings. The van der Waals surface area contributed by atoms with Gasteiger partial charge in [0.25, 0.3) is 0 Å². The van der Waals surface area contributed by atoms with Gasteiger partial charge in [-0.05, 0) is 0 Å². The maximum absolute atomic E-state index is 9.49. The summed E-state index contributed by atoms with van der Waals surface area (Å²) in [5, 5.41) is 0. The van der Waals surface area contributed by atoms with Crippen LogP contribution in [0.5, 0.6) is 0 Å². The predicted octanol–water partition coefficient (Wildman–Crippen LogP) is -0.313. The van der Waals surface area contributed by atoms with Gasteiger partial charge in [0, 0.05) is 0 Å². The van der Waals surface area contributed by atoms with Crippen molar-refractivity contribution in [1.29, 1.82) is 0 Å². The standard InChI is InChI=1S/CH2O3.Sb/c2-1(3)4;/h(H2,2,3,4);/q;+2/p-2. The molecule has 0 aromatic rings. The molecule has 0 atom stereocenters. The van der Waals surface area contributed by atoms with Gasteiger partial charge in [0.15, 0.2) is 0 Å². The van der Waals surface area contributed by atoms with Crippen LogP contribution in [0.3, 0.4) is 0 Å². The molecule has 1 saturated heterocycles. The molecular formula is CO3Sb. The van der Waals surface area contributed by atoms with Crippen LogP contribution in [0.1, 0.15) is 0 Å². The van der Waals surface area contributed by atoms with Gasteiger partial charge in [0.1, 0.15) is 0 Å². The Morgan fingerprint density at radius 3 is 2.00 bits per heavy atom. The first-order valence-electron chi connectivity index (χ1n) is 0.978. The molecule has 5 heavy (non-hydrogen) atoms. The van der Waals surface area contributed by atoms with E-state index in [0.29, 0.717) is 0 Å². The van der Waals surface area contributed by atoms with Gasteiger partial charge >= 0.3 is 39.4 Å². The Morgan fingerprint density at radius 1 is 1.60 bits per heavy atom. The zero-order chi connectivity index (χ0) is 3.70. The first-order chi connectivity index (χ1) is 2.39. The van der Waals surface area contributed by atoms with Gasteiger partial charge in [-0.25, -0.2) is 0 Å². The molecule has 27 valence electrons. The van der Waals surface area contributed by atoms with Crippen LogP contribution < -0.4 is 0 Å². The van der Waals surface area contributed by atoms with Gasteiger partial charge in [-0.3, -0.25) is 0 Å². The summed E-state index contributed by atoms with van der Waals surface area (Å²) in [6, 6.07) is 0. The van der Waals surface area contributed by atoms with Crippen molar-refractivity contribution in [2.75, 3.05) is 0 Å². The van der Waals surface area contributed by atoms with Gasteiger partial charge in [0.05, 0.1) is 0 Å². The van der Waals surface area contributed by atoms with Crippen LogP contribution in [0.2, 0.25) is 0 Å². The molecule has 0 bridgehead atoms. The molecule has 0 aromatic carbocycles. The SMILES string of the molecule is O=C1[O][Sb][O]1. The zero-order valence-corrected chi connectivity index (χ0v) is 4.72. The van der Waals surface area contributed by atoms with Crippen LogP contribution >= 0.6 is 0 Å². The normalized spacial score (nSPS) is 18.8. The van der Waals surface area contributed by atoms with E-state index in [1.54, 1.807) is 0 Å². The van der Waals surface area contributed by atoms with Crippen molar-refractivity contribution in [2.24, 2.45) is 0 Å². The number of hydrogen-bond donors (Lipinski definition) is 0. The van der Waals surface area contributed by atoms with Crippen molar-refractivity contribution < 1.29 is 10.8 Å². The van der Waals surface area contributed by atoms with Gasteiger partial charge in [0.2, 0.25) is 0 Å². The molecule has 1 heterocycles. The molecule has 0 unspecified atom stereocenters. The molecule has 4 heteroatoms. The topological polar surface area (TPSA) is 35.5 Å². The molecule has 1 radical (unpaired) electrons. The summed E-state index contributed by atoms with van der Waals surface area (Å²) in [5.74, 6) is 0. The van der Waals surface area contributed by atoms with E-state index < -0.39 is 28.6 Å². The summed E-state index contributed by atoms with van der Waals surface area (Å²) in [6.45, 7) is 0. The molecule has 1 aliphatic heterocycles. The number of hydrogen-bond acceptors (Lipinski definition) is 3. The third-order valence-corrected chi connectivity index (χ3v) is 1.50. The van der Waals surface area contributed by atoms with E-state index in [9.17, 15) is 4.79 Å². The molecule has 1 rings (SSSR count).